The van der Waals surface area contributed by atoms with E-state index in [1.54, 1.807) is 40.1 Å². The predicted octanol–water partition coefficient (Wildman–Crippen LogP) is 11.6. The van der Waals surface area contributed by atoms with Crippen molar-refractivity contribution >= 4 is 82.2 Å². The van der Waals surface area contributed by atoms with Crippen molar-refractivity contribution in [1.82, 2.24) is 59.8 Å². The molecule has 8 aromatic rings. The number of pyridine rings is 4. The van der Waals surface area contributed by atoms with Gasteiger partial charge in [0.15, 0.2) is 11.8 Å². The minimum Gasteiger partial charge on any atom is -0.870 e. The number of hydrogen-bond acceptors (Lipinski definition) is 35. The first-order valence-electron chi connectivity index (χ1n) is 48.5. The number of carboxylic acid groups (broad SMARTS) is 2. The second kappa shape index (κ2) is 63.5. The van der Waals surface area contributed by atoms with Gasteiger partial charge < -0.3 is 74.9 Å². The van der Waals surface area contributed by atoms with Gasteiger partial charge in [-0.1, -0.05) is 24.3 Å². The van der Waals surface area contributed by atoms with Gasteiger partial charge in [-0.15, -0.1) is 0 Å². The van der Waals surface area contributed by atoms with E-state index in [4.69, 9.17) is 57.8 Å². The molecule has 140 heavy (non-hydrogen) atoms. The second-order valence-electron chi connectivity index (χ2n) is 34.4. The predicted molar refractivity (Wildman–Crippen MR) is 517 cm³/mol. The molecule has 0 aromatic carbocycles. The summed E-state index contributed by atoms with van der Waals surface area (Å²) in [6.45, 7) is 11.0. The van der Waals surface area contributed by atoms with Crippen LogP contribution in [0.3, 0.4) is 0 Å². The van der Waals surface area contributed by atoms with Gasteiger partial charge in [0.1, 0.15) is 46.4 Å². The number of ketones is 4. The number of aliphatic carboxylic acids is 2. The number of fused-ring (bicyclic) bond motifs is 4. The van der Waals surface area contributed by atoms with Crippen LogP contribution < -0.4 is 69.8 Å². The number of anilines is 4. The minimum absolute atomic E-state index is 0. The Morgan fingerprint density at radius 1 is 0.329 bits per heavy atom. The molecule has 0 saturated carbocycles. The summed E-state index contributed by atoms with van der Waals surface area (Å²) >= 11 is 0. The molecule has 8 aromatic heterocycles. The van der Waals surface area contributed by atoms with Crippen LogP contribution in [0.5, 0.6) is 24.0 Å². The average Bonchev–Trinajstić information content (AvgIpc) is 1.73. The van der Waals surface area contributed by atoms with E-state index in [-0.39, 0.29) is 159 Å². The van der Waals surface area contributed by atoms with E-state index in [0.29, 0.717) is 55.4 Å². The monoisotopic (exact) mass is 1950 g/mol. The van der Waals surface area contributed by atoms with Crippen LogP contribution in [0.25, 0.3) is 0 Å². The molecule has 4 aliphatic heterocycles. The summed E-state index contributed by atoms with van der Waals surface area (Å²) in [4.78, 5) is 176. The number of carbonyl (C=O) groups excluding carboxylic acids is 8. The zero-order valence-electron chi connectivity index (χ0n) is 82.5. The van der Waals surface area contributed by atoms with Gasteiger partial charge in [0.2, 0.25) is 0 Å². The van der Waals surface area contributed by atoms with Crippen LogP contribution in [0.15, 0.2) is 98.1 Å². The summed E-state index contributed by atoms with van der Waals surface area (Å²) in [6.07, 6.45) is 36.7. The third-order valence-electron chi connectivity index (χ3n) is 24.2. The van der Waals surface area contributed by atoms with Gasteiger partial charge in [-0.2, -0.15) is 0 Å². The standard InChI is InChI=1S/C28H38N4O6.C26H34N4O6.C25H34N4O4.C23H30N4O4.Na.H2O/c1-4-37-26(34)24(27(35)38-5-2)23(20-17-30-28(36-3)31-18-20)16-22(33)12-7-6-11-21-14-13-19-10-8-9-15-29-25(19)32-21;1-3-36-25(34)22(24(32)33)21(18-15-28-26(35-2)29-16-18)14-20(31)10-5-4-9-19-12-11-17-8-6-7-13-27-23(17)30-19;1-3-33-23(31)15-19(20-16-27-25(32-2)28-17-20)14-22(30)10-5-4-9-21-12-11-18-8-6-7-13-26-24(18)29-21;1-31-23-25-14-18(15-26-23)17(13-21(29)30)12-20(28)8-3-2-7-19-10-9-16-6-4-5-11-24-22(16)27-19;;/h13-14,17-18,23-24H,4-12,15-16H2,1-3H3,(H,29,32);11-12,15-16,21-22H,3-10,13-14H2,1-2H3,(H,27,30)(H,32,33);11-12,16-17,19H,3-10,13-15H2,1-2H3,(H,26,29);9-10,14-15,17H,2-8,11-13H2,1H3,(H,24,27)(H,29,30);;1H2/q;;;;+1;/p-1. The number of nitrogens with one attached hydrogen (secondary N) is 4. The van der Waals surface area contributed by atoms with E-state index < -0.39 is 59.4 Å². The number of unbranched alkanes of at least 4 members (excludes halogenated alkanes) is 4. The van der Waals surface area contributed by atoms with Gasteiger partial charge in [-0.25, -0.2) is 59.8 Å². The van der Waals surface area contributed by atoms with Crippen molar-refractivity contribution < 1.29 is 131 Å². The van der Waals surface area contributed by atoms with Gasteiger partial charge in [0.05, 0.1) is 67.7 Å². The summed E-state index contributed by atoms with van der Waals surface area (Å²) in [6, 6.07) is 17.6. The number of nitrogens with zero attached hydrogens (tertiary/aromatic N) is 12. The van der Waals surface area contributed by atoms with Crippen molar-refractivity contribution in [1.29, 1.82) is 0 Å². The summed E-state index contributed by atoms with van der Waals surface area (Å²) in [5.41, 5.74) is 11.4. The van der Waals surface area contributed by atoms with Crippen LogP contribution in [0.2, 0.25) is 0 Å². The number of Topliss-reactive ketones (excluding diaryl/α,β-unsaturated/α-hetero) is 4. The Morgan fingerprint density at radius 2 is 0.593 bits per heavy atom. The molecule has 0 bridgehead atoms. The molecule has 12 heterocycles. The number of aromatic nitrogens is 12. The normalized spacial score (nSPS) is 13.8. The number of rotatable bonds is 50. The number of hydrogen-bond donors (Lipinski definition) is 6. The van der Waals surface area contributed by atoms with Gasteiger partial charge in [0.25, 0.3) is 0 Å². The second-order valence-corrected chi connectivity index (χ2v) is 34.4. The molecule has 0 radical (unpaired) electrons. The number of methoxy groups -OCH3 is 4. The Kier molecular flexibility index (Phi) is 52.0. The van der Waals surface area contributed by atoms with Crippen LogP contribution in [-0.4, -0.2) is 215 Å². The van der Waals surface area contributed by atoms with Crippen molar-refractivity contribution in [2.24, 2.45) is 11.8 Å². The first kappa shape index (κ1) is 115. The van der Waals surface area contributed by atoms with Crippen LogP contribution in [-0.2, 0) is 118 Å². The zero-order valence-corrected chi connectivity index (χ0v) is 84.5. The van der Waals surface area contributed by atoms with Crippen molar-refractivity contribution in [3.63, 3.8) is 0 Å². The maximum atomic E-state index is 13.1. The number of carbonyl (C=O) groups is 10. The maximum absolute atomic E-state index is 13.1. The quantitative estimate of drug-likeness (QED) is 0.00678. The smallest absolute Gasteiger partial charge is 0.870 e. The Morgan fingerprint density at radius 3 is 0.864 bits per heavy atom. The molecular weight excluding hydrogens is 1810 g/mol. The number of ether oxygens (including phenoxy) is 8. The van der Waals surface area contributed by atoms with Crippen molar-refractivity contribution in [3.8, 4) is 24.0 Å². The molecule has 5 unspecified atom stereocenters. The van der Waals surface area contributed by atoms with Crippen molar-refractivity contribution in [3.05, 3.63) is 165 Å². The average molecular weight is 1950 g/mol. The zero-order chi connectivity index (χ0) is 98.8. The van der Waals surface area contributed by atoms with Gasteiger partial charge >= 0.3 is 89.4 Å². The maximum Gasteiger partial charge on any atom is 1.00 e. The van der Waals surface area contributed by atoms with Crippen molar-refractivity contribution in [2.45, 2.75) is 270 Å². The van der Waals surface area contributed by atoms with Gasteiger partial charge in [-0.3, -0.25) is 47.9 Å². The van der Waals surface area contributed by atoms with Crippen molar-refractivity contribution in [2.75, 3.05) is 102 Å². The fourth-order valence-electron chi connectivity index (χ4n) is 16.8. The molecule has 12 rings (SSSR count). The van der Waals surface area contributed by atoms with E-state index in [1.807, 2.05) is 6.07 Å². The van der Waals surface area contributed by atoms with E-state index in [9.17, 15) is 58.2 Å². The van der Waals surface area contributed by atoms with Gasteiger partial charge in [-0.05, 0) is 251 Å². The molecule has 0 saturated heterocycles. The first-order valence-corrected chi connectivity index (χ1v) is 48.5. The van der Waals surface area contributed by atoms with E-state index in [1.165, 1.54) is 120 Å². The summed E-state index contributed by atoms with van der Waals surface area (Å²) in [7, 11) is 5.80. The molecule has 37 nitrogen and oxygen atoms in total. The fourth-order valence-corrected chi connectivity index (χ4v) is 16.8. The topological polar surface area (TPSA) is 518 Å². The SMILES string of the molecule is CCOC(=O)C(C(=O)O)C(CC(=O)CCCCc1ccc2c(n1)NCCCC2)c1cnc(OC)nc1.CCOC(=O)C(C(=O)OCC)C(CC(=O)CCCCc1ccc2c(n1)NCCCC2)c1cnc(OC)nc1.CCOC(=O)CC(CC(=O)CCCCc1ccc2c(n1)NCCCC2)c1cnc(OC)nc1.COc1ncc(C(CC(=O)O)CC(=O)CCCCc2ccc3c(n2)NCCCC3)cn1.[Na+].[OH-]. The first-order chi connectivity index (χ1) is 67.0. The number of aryl methyl sites for hydroxylation is 8. The minimum atomic E-state index is -1.54. The number of carboxylic acids is 2. The van der Waals surface area contributed by atoms with Gasteiger partial charge in [0, 0.05) is 174 Å². The van der Waals surface area contributed by atoms with Crippen LogP contribution >= 0.6 is 0 Å². The van der Waals surface area contributed by atoms with Crippen LogP contribution in [0.1, 0.15) is 286 Å². The molecule has 0 fully saturated rings. The third kappa shape index (κ3) is 39.1. The Balaban J connectivity index is 0.000000253. The molecular formula is C102H137N16NaO21. The Labute approximate surface area is 841 Å². The third-order valence-corrected chi connectivity index (χ3v) is 24.2. The van der Waals surface area contributed by atoms with Crippen LogP contribution in [0, 0.1) is 11.8 Å². The van der Waals surface area contributed by atoms with E-state index >= 15 is 0 Å². The molecule has 0 aliphatic carbocycles. The number of esters is 4. The van der Waals surface area contributed by atoms with E-state index in [0.717, 1.165) is 187 Å². The summed E-state index contributed by atoms with van der Waals surface area (Å²) < 4.78 is 40.3. The Bertz CT molecular complexity index is 5190. The Hall–Kier alpha value is -12.2. The molecule has 0 spiro atoms. The van der Waals surface area contributed by atoms with E-state index in [2.05, 4.69) is 104 Å². The molecule has 7 N–H and O–H groups in total. The molecule has 4 aliphatic rings. The summed E-state index contributed by atoms with van der Waals surface area (Å²) in [5.74, 6) is -6.40. The summed E-state index contributed by atoms with van der Waals surface area (Å²) in [5, 5.41) is 32.6. The van der Waals surface area contributed by atoms with Crippen LogP contribution in [0.4, 0.5) is 23.3 Å². The largest absolute Gasteiger partial charge is 1.00 e. The molecule has 38 heteroatoms. The molecule has 0 amide bonds. The molecule has 5 atom stereocenters. The fraction of sp³-hybridized carbons (Fsp3) is 0.549. The molecule has 752 valence electrons.